The van der Waals surface area contributed by atoms with Gasteiger partial charge < -0.3 is 30.8 Å². The van der Waals surface area contributed by atoms with Gasteiger partial charge in [0.25, 0.3) is 0 Å². The van der Waals surface area contributed by atoms with Gasteiger partial charge in [0, 0.05) is 0 Å². The number of nitrogens with two attached hydrogens (primary N) is 1. The van der Waals surface area contributed by atoms with Crippen molar-refractivity contribution in [2.75, 3.05) is 13.2 Å². The molecule has 7 N–H and O–H groups in total. The Hall–Kier alpha value is -0.380. The van der Waals surface area contributed by atoms with Crippen LogP contribution in [0.3, 0.4) is 0 Å². The van der Waals surface area contributed by atoms with Crippen LogP contribution in [0, 0.1) is 0 Å². The summed E-state index contributed by atoms with van der Waals surface area (Å²) in [5.41, 5.74) is 5.14. The third-order valence-corrected chi connectivity index (χ3v) is 2.19. The Balaban J connectivity index is 4.23. The summed E-state index contributed by atoms with van der Waals surface area (Å²) < 4.78 is 14.2. The van der Waals surface area contributed by atoms with Gasteiger partial charge in [-0.2, -0.15) is 0 Å². The first-order valence-corrected chi connectivity index (χ1v) is 5.67. The van der Waals surface area contributed by atoms with Crippen LogP contribution < -0.4 is 5.73 Å². The highest BCUT2D eigenvalue weighted by Crippen LogP contribution is 2.35. The van der Waals surface area contributed by atoms with Crippen LogP contribution in [0.2, 0.25) is 0 Å². The van der Waals surface area contributed by atoms with E-state index >= 15 is 0 Å². The number of aliphatic hydroxyl groups is 3. The van der Waals surface area contributed by atoms with Crippen LogP contribution in [0.1, 0.15) is 0 Å². The van der Waals surface area contributed by atoms with E-state index in [-0.39, 0.29) is 0 Å². The summed E-state index contributed by atoms with van der Waals surface area (Å²) in [6.45, 7) is -1.80. The Labute approximate surface area is 90.7 Å². The lowest BCUT2D eigenvalue weighted by molar-refractivity contribution is -0.128. The van der Waals surface area contributed by atoms with Gasteiger partial charge in [0.2, 0.25) is 0 Å². The Morgan fingerprint density at radius 2 is 1.88 bits per heavy atom. The number of carbonyl (C=O) groups is 1. The van der Waals surface area contributed by atoms with Crippen LogP contribution in [0.5, 0.6) is 0 Å². The highest BCUT2D eigenvalue weighted by Gasteiger charge is 2.30. The Kier molecular flexibility index (Phi) is 6.23. The lowest BCUT2D eigenvalue weighted by Gasteiger charge is -2.22. The maximum absolute atomic E-state index is 10.8. The van der Waals surface area contributed by atoms with Crippen molar-refractivity contribution in [1.29, 1.82) is 0 Å². The van der Waals surface area contributed by atoms with Gasteiger partial charge in [-0.3, -0.25) is 9.32 Å². The quantitative estimate of drug-likeness (QED) is 0.256. The summed E-state index contributed by atoms with van der Waals surface area (Å²) >= 11 is 0. The van der Waals surface area contributed by atoms with Gasteiger partial charge in [-0.05, 0) is 0 Å². The van der Waals surface area contributed by atoms with Crippen molar-refractivity contribution in [2.24, 2.45) is 5.73 Å². The van der Waals surface area contributed by atoms with Crippen LogP contribution in [0.15, 0.2) is 0 Å². The van der Waals surface area contributed by atoms with Crippen molar-refractivity contribution in [3.8, 4) is 0 Å². The molecule has 96 valence electrons. The number of carbonyl (C=O) groups excluding carboxylic acids is 1. The van der Waals surface area contributed by atoms with E-state index in [0.717, 1.165) is 0 Å². The zero-order valence-corrected chi connectivity index (χ0v) is 9.03. The first-order chi connectivity index (χ1) is 7.19. The topological polar surface area (TPSA) is 171 Å². The first-order valence-electron chi connectivity index (χ1n) is 4.14. The van der Waals surface area contributed by atoms with Gasteiger partial charge >= 0.3 is 7.82 Å². The van der Waals surface area contributed by atoms with Gasteiger partial charge in [-0.15, -0.1) is 0 Å². The van der Waals surface area contributed by atoms with Crippen molar-refractivity contribution in [3.05, 3.63) is 0 Å². The van der Waals surface area contributed by atoms with E-state index in [1.54, 1.807) is 0 Å². The summed E-state index contributed by atoms with van der Waals surface area (Å²) in [6.07, 6.45) is -3.54. The summed E-state index contributed by atoms with van der Waals surface area (Å²) in [5, 5.41) is 26.8. The number of phosphoric acid groups is 1. The molecule has 9 nitrogen and oxygen atoms in total. The fraction of sp³-hybridized carbons (Fsp3) is 0.833. The van der Waals surface area contributed by atoms with Gasteiger partial charge in [0.15, 0.2) is 5.78 Å². The molecule has 0 aromatic heterocycles. The Bertz CT molecular complexity index is 278. The summed E-state index contributed by atoms with van der Waals surface area (Å²) in [4.78, 5) is 27.4. The maximum Gasteiger partial charge on any atom is 0.469 e. The second-order valence-corrected chi connectivity index (χ2v) is 4.23. The molecule has 0 aromatic rings. The Morgan fingerprint density at radius 1 is 1.38 bits per heavy atom. The second kappa shape index (κ2) is 6.38. The van der Waals surface area contributed by atoms with Crippen molar-refractivity contribution in [1.82, 2.24) is 0 Å². The number of Topliss-reactive ketones (excluding diaryl/α,β-unsaturated/α-hetero) is 1. The highest BCUT2D eigenvalue weighted by atomic mass is 31.2. The van der Waals surface area contributed by atoms with Gasteiger partial charge in [-0.1, -0.05) is 0 Å². The molecule has 0 unspecified atom stereocenters. The van der Waals surface area contributed by atoms with Crippen LogP contribution in [-0.4, -0.2) is 62.4 Å². The molecule has 10 heteroatoms. The van der Waals surface area contributed by atoms with Crippen LogP contribution in [0.4, 0.5) is 0 Å². The minimum absolute atomic E-state index is 0.891. The van der Waals surface area contributed by atoms with Gasteiger partial charge in [0.05, 0.1) is 12.6 Å². The molecule has 0 rings (SSSR count). The molecule has 0 fully saturated rings. The molecular formula is C6H14NO8P. The molecule has 0 radical (unpaired) electrons. The molecule has 0 saturated heterocycles. The van der Waals surface area contributed by atoms with Crippen LogP contribution >= 0.6 is 7.82 Å². The molecule has 0 saturated carbocycles. The number of rotatable bonds is 7. The molecule has 0 aliphatic carbocycles. The molecule has 0 bridgehead atoms. The number of hydrogen-bond acceptors (Lipinski definition) is 7. The van der Waals surface area contributed by atoms with Crippen molar-refractivity contribution in [3.63, 3.8) is 0 Å². The zero-order valence-electron chi connectivity index (χ0n) is 8.13. The number of aliphatic hydroxyl groups excluding tert-OH is 3. The third-order valence-electron chi connectivity index (χ3n) is 1.70. The minimum atomic E-state index is -4.77. The average molecular weight is 259 g/mol. The summed E-state index contributed by atoms with van der Waals surface area (Å²) in [6, 6.07) is -1.56. The fourth-order valence-corrected chi connectivity index (χ4v) is 1.15. The maximum atomic E-state index is 10.8. The molecule has 0 aromatic carbocycles. The number of hydrogen-bond donors (Lipinski definition) is 6. The second-order valence-electron chi connectivity index (χ2n) is 2.99. The summed E-state index contributed by atoms with van der Waals surface area (Å²) in [5.74, 6) is -0.914. The lowest BCUT2D eigenvalue weighted by Crippen LogP contribution is -2.50. The smallest absolute Gasteiger partial charge is 0.389 e. The molecule has 0 amide bonds. The van der Waals surface area contributed by atoms with Gasteiger partial charge in [-0.25, -0.2) is 4.57 Å². The predicted octanol–water partition coefficient (Wildman–Crippen LogP) is -3.29. The standard InChI is InChI=1S/C6H14NO8P/c7-5(3(9)1-8)6(11)4(10)2-15-16(12,13)14/h4-6,8,10-11H,1-2,7H2,(H2,12,13,14)/t4-,5-,6-/m1/s1. The molecule has 0 heterocycles. The zero-order chi connectivity index (χ0) is 12.9. The molecule has 0 aliphatic rings. The lowest BCUT2D eigenvalue weighted by atomic mass is 10.0. The molecule has 0 spiro atoms. The normalized spacial score (nSPS) is 17.9. The van der Waals surface area contributed by atoms with E-state index < -0.39 is 45.1 Å². The predicted molar refractivity (Wildman–Crippen MR) is 50.1 cm³/mol. The monoisotopic (exact) mass is 259 g/mol. The number of ketones is 1. The van der Waals surface area contributed by atoms with E-state index in [1.165, 1.54) is 0 Å². The molecular weight excluding hydrogens is 245 g/mol. The number of phosphoric ester groups is 1. The van der Waals surface area contributed by atoms with E-state index in [2.05, 4.69) is 4.52 Å². The highest BCUT2D eigenvalue weighted by molar-refractivity contribution is 7.46. The van der Waals surface area contributed by atoms with Crippen molar-refractivity contribution >= 4 is 13.6 Å². The van der Waals surface area contributed by atoms with Crippen molar-refractivity contribution < 1.29 is 39.0 Å². The van der Waals surface area contributed by atoms with E-state index in [4.69, 9.17) is 25.7 Å². The van der Waals surface area contributed by atoms with E-state index in [1.807, 2.05) is 0 Å². The largest absolute Gasteiger partial charge is 0.469 e. The summed E-state index contributed by atoms with van der Waals surface area (Å²) in [7, 11) is -4.77. The molecule has 0 aliphatic heterocycles. The van der Waals surface area contributed by atoms with Crippen molar-refractivity contribution in [2.45, 2.75) is 18.2 Å². The minimum Gasteiger partial charge on any atom is -0.389 e. The van der Waals surface area contributed by atoms with E-state index in [9.17, 15) is 14.5 Å². The van der Waals surface area contributed by atoms with Gasteiger partial charge in [0.1, 0.15) is 18.8 Å². The van der Waals surface area contributed by atoms with Crippen LogP contribution in [0.25, 0.3) is 0 Å². The Morgan fingerprint density at radius 3 is 2.25 bits per heavy atom. The third kappa shape index (κ3) is 5.64. The first kappa shape index (κ1) is 15.6. The average Bonchev–Trinajstić information content (AvgIpc) is 2.21. The van der Waals surface area contributed by atoms with E-state index in [0.29, 0.717) is 0 Å². The fourth-order valence-electron chi connectivity index (χ4n) is 0.807. The SMILES string of the molecule is N[C@H](C(=O)CO)[C@H](O)[C@H](O)COP(=O)(O)O. The molecule has 3 atom stereocenters. The van der Waals surface area contributed by atoms with Crippen LogP contribution in [-0.2, 0) is 13.9 Å². The molecule has 16 heavy (non-hydrogen) atoms.